The molecule has 2 aliphatic rings. The van der Waals surface area contributed by atoms with Crippen LogP contribution in [0.1, 0.15) is 43.7 Å². The van der Waals surface area contributed by atoms with Gasteiger partial charge in [0.05, 0.1) is 0 Å². The molecular weight excluding hydrogens is 232 g/mol. The molecule has 0 bridgehead atoms. The van der Waals surface area contributed by atoms with Crippen molar-refractivity contribution >= 4 is 5.69 Å². The number of aryl methyl sites for hydroxylation is 1. The topological polar surface area (TPSA) is 15.3 Å². The zero-order chi connectivity index (χ0) is 13.1. The van der Waals surface area contributed by atoms with Crippen molar-refractivity contribution in [2.75, 3.05) is 25.0 Å². The van der Waals surface area contributed by atoms with Crippen LogP contribution in [0.5, 0.6) is 0 Å². The highest BCUT2D eigenvalue weighted by Gasteiger charge is 2.20. The predicted octanol–water partition coefficient (Wildman–Crippen LogP) is 3.46. The van der Waals surface area contributed by atoms with Gasteiger partial charge >= 0.3 is 0 Å². The van der Waals surface area contributed by atoms with Crippen molar-refractivity contribution in [1.82, 2.24) is 4.90 Å². The van der Waals surface area contributed by atoms with Gasteiger partial charge in [0.1, 0.15) is 0 Å². The molecule has 0 spiro atoms. The molecule has 1 N–H and O–H groups in total. The monoisotopic (exact) mass is 258 g/mol. The van der Waals surface area contributed by atoms with Crippen molar-refractivity contribution in [1.29, 1.82) is 0 Å². The molecule has 3 rings (SSSR count). The molecule has 104 valence electrons. The summed E-state index contributed by atoms with van der Waals surface area (Å²) in [7, 11) is 0. The quantitative estimate of drug-likeness (QED) is 0.893. The number of fused-ring (bicyclic) bond motifs is 1. The lowest BCUT2D eigenvalue weighted by Gasteiger charge is -2.33. The number of anilines is 1. The molecule has 1 saturated heterocycles. The van der Waals surface area contributed by atoms with Crippen LogP contribution in [-0.2, 0) is 12.8 Å². The van der Waals surface area contributed by atoms with Crippen LogP contribution in [0.3, 0.4) is 0 Å². The lowest BCUT2D eigenvalue weighted by molar-refractivity contribution is 0.229. The number of hydrogen-bond acceptors (Lipinski definition) is 2. The first-order chi connectivity index (χ1) is 9.36. The van der Waals surface area contributed by atoms with E-state index in [9.17, 15) is 0 Å². The van der Waals surface area contributed by atoms with Crippen LogP contribution in [0.4, 0.5) is 5.69 Å². The van der Waals surface area contributed by atoms with Crippen molar-refractivity contribution in [2.45, 2.75) is 51.5 Å². The summed E-state index contributed by atoms with van der Waals surface area (Å²) in [4.78, 5) is 2.55. The number of nitrogens with one attached hydrogen (secondary N) is 1. The Hall–Kier alpha value is -1.02. The van der Waals surface area contributed by atoms with Gasteiger partial charge in [-0.05, 0) is 62.3 Å². The number of nitrogens with zero attached hydrogens (tertiary/aromatic N) is 1. The fourth-order valence-electron chi connectivity index (χ4n) is 3.53. The van der Waals surface area contributed by atoms with Crippen LogP contribution in [0.15, 0.2) is 18.2 Å². The van der Waals surface area contributed by atoms with E-state index in [1.807, 2.05) is 0 Å². The van der Waals surface area contributed by atoms with Crippen LogP contribution >= 0.6 is 0 Å². The summed E-state index contributed by atoms with van der Waals surface area (Å²) in [5.74, 6) is 0. The number of likely N-dealkylation sites (tertiary alicyclic amines) is 1. The minimum absolute atomic E-state index is 0.677. The summed E-state index contributed by atoms with van der Waals surface area (Å²) in [6.07, 6.45) is 7.85. The molecule has 0 radical (unpaired) electrons. The first-order valence-corrected chi connectivity index (χ1v) is 7.96. The van der Waals surface area contributed by atoms with E-state index in [1.165, 1.54) is 63.8 Å². The average Bonchev–Trinajstić information content (AvgIpc) is 2.48. The lowest BCUT2D eigenvalue weighted by Crippen LogP contribution is -2.39. The summed E-state index contributed by atoms with van der Waals surface area (Å²) < 4.78 is 0. The molecule has 1 aliphatic carbocycles. The normalized spacial score (nSPS) is 21.1. The van der Waals surface area contributed by atoms with E-state index in [-0.39, 0.29) is 0 Å². The molecule has 0 aromatic heterocycles. The van der Waals surface area contributed by atoms with Crippen LogP contribution in [0, 0.1) is 0 Å². The summed E-state index contributed by atoms with van der Waals surface area (Å²) in [5, 5.41) is 3.83. The van der Waals surface area contributed by atoms with Crippen molar-refractivity contribution < 1.29 is 0 Å². The van der Waals surface area contributed by atoms with Crippen molar-refractivity contribution in [3.63, 3.8) is 0 Å². The van der Waals surface area contributed by atoms with Gasteiger partial charge in [0.2, 0.25) is 0 Å². The van der Waals surface area contributed by atoms with Crippen LogP contribution in [0.2, 0.25) is 0 Å². The van der Waals surface area contributed by atoms with Gasteiger partial charge in [-0.3, -0.25) is 0 Å². The zero-order valence-corrected chi connectivity index (χ0v) is 12.1. The molecule has 0 saturated carbocycles. The van der Waals surface area contributed by atoms with E-state index >= 15 is 0 Å². The largest absolute Gasteiger partial charge is 0.382 e. The Morgan fingerprint density at radius 2 is 1.95 bits per heavy atom. The van der Waals surface area contributed by atoms with Crippen LogP contribution in [0.25, 0.3) is 0 Å². The number of piperidine rings is 1. The maximum absolute atomic E-state index is 3.83. The number of rotatable bonds is 3. The molecular formula is C17H26N2. The Labute approximate surface area is 117 Å². The predicted molar refractivity (Wildman–Crippen MR) is 81.8 cm³/mol. The average molecular weight is 258 g/mol. The smallest absolute Gasteiger partial charge is 0.0377 e. The van der Waals surface area contributed by atoms with Gasteiger partial charge in [-0.15, -0.1) is 0 Å². The fraction of sp³-hybridized carbons (Fsp3) is 0.647. The van der Waals surface area contributed by atoms with E-state index < -0.39 is 0 Å². The van der Waals surface area contributed by atoms with Crippen molar-refractivity contribution in [2.24, 2.45) is 0 Å². The molecule has 1 heterocycles. The van der Waals surface area contributed by atoms with E-state index in [2.05, 4.69) is 35.3 Å². The summed E-state index contributed by atoms with van der Waals surface area (Å²) in [6, 6.07) is 7.51. The van der Waals surface area contributed by atoms with Gasteiger partial charge in [-0.2, -0.15) is 0 Å². The van der Waals surface area contributed by atoms with Crippen molar-refractivity contribution in [3.05, 3.63) is 29.3 Å². The second kappa shape index (κ2) is 5.96. The minimum atomic E-state index is 0.677. The SMILES string of the molecule is CCN1CCC(Nc2cccc3c2CCCC3)CC1. The highest BCUT2D eigenvalue weighted by molar-refractivity contribution is 5.56. The molecule has 2 heteroatoms. The van der Waals surface area contributed by atoms with E-state index in [1.54, 1.807) is 11.1 Å². The standard InChI is InChI=1S/C17H26N2/c1-2-19-12-10-15(11-13-19)18-17-9-5-7-14-6-3-4-8-16(14)17/h5,7,9,15,18H,2-4,6,8,10-13H2,1H3. The summed E-state index contributed by atoms with van der Waals surface area (Å²) >= 11 is 0. The van der Waals surface area contributed by atoms with E-state index in [0.29, 0.717) is 6.04 Å². The van der Waals surface area contributed by atoms with E-state index in [0.717, 1.165) is 0 Å². The molecule has 19 heavy (non-hydrogen) atoms. The molecule has 0 unspecified atom stereocenters. The first kappa shape index (κ1) is 13.0. The Morgan fingerprint density at radius 1 is 1.16 bits per heavy atom. The molecule has 2 nitrogen and oxygen atoms in total. The van der Waals surface area contributed by atoms with Crippen LogP contribution < -0.4 is 5.32 Å². The van der Waals surface area contributed by atoms with Gasteiger partial charge in [-0.1, -0.05) is 19.1 Å². The van der Waals surface area contributed by atoms with Gasteiger partial charge < -0.3 is 10.2 Å². The minimum Gasteiger partial charge on any atom is -0.382 e. The maximum Gasteiger partial charge on any atom is 0.0377 e. The molecule has 1 aliphatic heterocycles. The van der Waals surface area contributed by atoms with Crippen molar-refractivity contribution in [3.8, 4) is 0 Å². The molecule has 0 amide bonds. The van der Waals surface area contributed by atoms with E-state index in [4.69, 9.17) is 0 Å². The Balaban J connectivity index is 1.67. The summed E-state index contributed by atoms with van der Waals surface area (Å²) in [5.41, 5.74) is 4.61. The molecule has 1 aromatic rings. The fourth-order valence-corrected chi connectivity index (χ4v) is 3.53. The zero-order valence-electron chi connectivity index (χ0n) is 12.1. The molecule has 1 fully saturated rings. The second-order valence-electron chi connectivity index (χ2n) is 6.00. The van der Waals surface area contributed by atoms with Gasteiger partial charge in [-0.25, -0.2) is 0 Å². The summed E-state index contributed by atoms with van der Waals surface area (Å²) in [6.45, 7) is 5.97. The Bertz CT molecular complexity index is 419. The van der Waals surface area contributed by atoms with Crippen LogP contribution in [-0.4, -0.2) is 30.6 Å². The van der Waals surface area contributed by atoms with Gasteiger partial charge in [0, 0.05) is 24.8 Å². The number of hydrogen-bond donors (Lipinski definition) is 1. The van der Waals surface area contributed by atoms with Gasteiger partial charge in [0.15, 0.2) is 0 Å². The highest BCUT2D eigenvalue weighted by Crippen LogP contribution is 2.29. The Kier molecular flexibility index (Phi) is 4.07. The molecule has 0 atom stereocenters. The lowest BCUT2D eigenvalue weighted by atomic mass is 9.90. The molecule has 1 aromatic carbocycles. The third-order valence-corrected chi connectivity index (χ3v) is 4.79. The second-order valence-corrected chi connectivity index (χ2v) is 6.00. The number of benzene rings is 1. The first-order valence-electron chi connectivity index (χ1n) is 7.96. The third-order valence-electron chi connectivity index (χ3n) is 4.79. The third kappa shape index (κ3) is 2.94. The van der Waals surface area contributed by atoms with Gasteiger partial charge in [0.25, 0.3) is 0 Å². The maximum atomic E-state index is 3.83. The Morgan fingerprint density at radius 3 is 2.74 bits per heavy atom. The highest BCUT2D eigenvalue weighted by atomic mass is 15.1.